The Labute approximate surface area is 302 Å². The van der Waals surface area contributed by atoms with Crippen LogP contribution in [0.1, 0.15) is 112 Å². The minimum absolute atomic E-state index is 0.0207. The van der Waals surface area contributed by atoms with Gasteiger partial charge in [0.05, 0.1) is 12.1 Å². The summed E-state index contributed by atoms with van der Waals surface area (Å²) in [6.07, 6.45) is 14.4. The molecule has 282 valence electrons. The second-order valence-corrected chi connectivity index (χ2v) is 12.4. The third-order valence-electron chi connectivity index (χ3n) is 8.66. The van der Waals surface area contributed by atoms with Gasteiger partial charge in [-0.05, 0) is 77.8 Å². The lowest BCUT2D eigenvalue weighted by atomic mass is 9.82. The third-order valence-corrected chi connectivity index (χ3v) is 8.66. The monoisotopic (exact) mass is 699 g/mol. The molecule has 50 heavy (non-hydrogen) atoms. The van der Waals surface area contributed by atoms with Crippen LogP contribution >= 0.6 is 0 Å². The second kappa shape index (κ2) is 26.9. The van der Waals surface area contributed by atoms with Gasteiger partial charge >= 0.3 is 0 Å². The lowest BCUT2D eigenvalue weighted by molar-refractivity contribution is -0.135. The highest BCUT2D eigenvalue weighted by Crippen LogP contribution is 2.32. The molecule has 0 bridgehead atoms. The maximum Gasteiger partial charge on any atom is 0.245 e. The van der Waals surface area contributed by atoms with E-state index in [0.717, 1.165) is 51.4 Å². The zero-order valence-corrected chi connectivity index (χ0v) is 32.2. The van der Waals surface area contributed by atoms with Crippen molar-refractivity contribution in [3.63, 3.8) is 0 Å². The SMILES string of the molecule is C=C.CC.CCCN(C)C(=O)C(CC#CCC(C)NC(=O)C(C)NC)NC(=O)CC.O=CN1CCCC1C(=O)NC1CCCC2=C1C=CCC2. The Morgan fingerprint density at radius 1 is 1.04 bits per heavy atom. The Hall–Kier alpha value is -3.91. The average Bonchev–Trinajstić information content (AvgIpc) is 3.63. The van der Waals surface area contributed by atoms with Gasteiger partial charge in [0, 0.05) is 45.4 Å². The molecule has 11 heteroatoms. The van der Waals surface area contributed by atoms with E-state index in [1.165, 1.54) is 17.6 Å². The van der Waals surface area contributed by atoms with Crippen LogP contribution in [0.3, 0.4) is 0 Å². The summed E-state index contributed by atoms with van der Waals surface area (Å²) in [5, 5.41) is 11.7. The summed E-state index contributed by atoms with van der Waals surface area (Å²) in [6, 6.07) is -1.10. The van der Waals surface area contributed by atoms with Gasteiger partial charge in [0.25, 0.3) is 0 Å². The van der Waals surface area contributed by atoms with E-state index in [1.54, 1.807) is 37.7 Å². The van der Waals surface area contributed by atoms with Crippen LogP contribution in [0.25, 0.3) is 0 Å². The highest BCUT2D eigenvalue weighted by Gasteiger charge is 2.32. The maximum absolute atomic E-state index is 12.4. The van der Waals surface area contributed by atoms with Crippen LogP contribution < -0.4 is 21.3 Å². The van der Waals surface area contributed by atoms with Crippen LogP contribution in [0.15, 0.2) is 36.5 Å². The summed E-state index contributed by atoms with van der Waals surface area (Å²) < 4.78 is 0. The molecular weight excluding hydrogens is 632 g/mol. The molecule has 0 saturated carbocycles. The number of carbonyl (C=O) groups is 5. The van der Waals surface area contributed by atoms with Crippen molar-refractivity contribution in [3.05, 3.63) is 36.5 Å². The number of allylic oxidation sites excluding steroid dienone is 2. The number of nitrogens with zero attached hydrogens (tertiary/aromatic N) is 2. The first kappa shape index (κ1) is 46.1. The summed E-state index contributed by atoms with van der Waals surface area (Å²) in [6.45, 7) is 18.7. The van der Waals surface area contributed by atoms with Crippen molar-refractivity contribution in [2.24, 2.45) is 0 Å². The van der Waals surface area contributed by atoms with Gasteiger partial charge in [-0.15, -0.1) is 25.0 Å². The lowest BCUT2D eigenvalue weighted by Crippen LogP contribution is -2.47. The fourth-order valence-corrected chi connectivity index (χ4v) is 5.81. The first-order valence-corrected chi connectivity index (χ1v) is 18.4. The molecule has 0 aromatic carbocycles. The van der Waals surface area contributed by atoms with E-state index in [1.807, 2.05) is 27.7 Å². The summed E-state index contributed by atoms with van der Waals surface area (Å²) in [7, 11) is 3.46. The summed E-state index contributed by atoms with van der Waals surface area (Å²) in [5.41, 5.74) is 2.84. The van der Waals surface area contributed by atoms with Crippen molar-refractivity contribution in [2.75, 3.05) is 27.2 Å². The molecule has 3 aliphatic rings. The number of hydrogen-bond donors (Lipinski definition) is 4. The first-order valence-electron chi connectivity index (χ1n) is 18.4. The molecule has 4 N–H and O–H groups in total. The number of nitrogens with one attached hydrogen (secondary N) is 4. The molecule has 5 atom stereocenters. The second-order valence-electron chi connectivity index (χ2n) is 12.4. The van der Waals surface area contributed by atoms with Gasteiger partial charge in [-0.2, -0.15) is 0 Å². The maximum atomic E-state index is 12.4. The number of likely N-dealkylation sites (tertiary alicyclic amines) is 1. The van der Waals surface area contributed by atoms with Gasteiger partial charge in [0.2, 0.25) is 30.0 Å². The third kappa shape index (κ3) is 16.2. The topological polar surface area (TPSA) is 140 Å². The minimum Gasteiger partial charge on any atom is -0.351 e. The van der Waals surface area contributed by atoms with E-state index in [0.29, 0.717) is 25.9 Å². The van der Waals surface area contributed by atoms with Crippen molar-refractivity contribution < 1.29 is 24.0 Å². The smallest absolute Gasteiger partial charge is 0.245 e. The summed E-state index contributed by atoms with van der Waals surface area (Å²) in [4.78, 5) is 62.5. The van der Waals surface area contributed by atoms with Gasteiger partial charge in [-0.3, -0.25) is 24.0 Å². The van der Waals surface area contributed by atoms with E-state index in [4.69, 9.17) is 0 Å². The Morgan fingerprint density at radius 3 is 2.34 bits per heavy atom. The van der Waals surface area contributed by atoms with Crippen LogP contribution in [0, 0.1) is 11.8 Å². The van der Waals surface area contributed by atoms with Crippen molar-refractivity contribution in [1.29, 1.82) is 0 Å². The Balaban J connectivity index is 0.000000890. The van der Waals surface area contributed by atoms with Crippen LogP contribution in [-0.4, -0.2) is 97.2 Å². The fraction of sp³-hybridized carbons (Fsp3) is 0.667. The standard InChI is InChI=1S/C19H34N4O3.C16H22N2O2.C2H6.C2H4/c1-7-13-23(6)19(26)16(22-17(24)8-2)12-10-9-11-14(3)21-18(25)15(4)20-5;19-11-18-10-4-9-15(18)16(20)17-14-8-3-6-12-5-1-2-7-13(12)14;2*1-2/h14-16,20H,7-8,11-13H2,1-6H3,(H,21,25)(H,22,24);2,7,11,14-15H,1,3-6,8-10H2,(H,17,20);1-2H3;1-2H2. The van der Waals surface area contributed by atoms with Crippen molar-refractivity contribution in [3.8, 4) is 11.8 Å². The number of hydrogen-bond acceptors (Lipinski definition) is 6. The van der Waals surface area contributed by atoms with Gasteiger partial charge in [0.15, 0.2) is 0 Å². The van der Waals surface area contributed by atoms with Gasteiger partial charge < -0.3 is 31.1 Å². The Bertz CT molecular complexity index is 1190. The van der Waals surface area contributed by atoms with Gasteiger partial charge in [0.1, 0.15) is 12.1 Å². The quantitative estimate of drug-likeness (QED) is 0.128. The van der Waals surface area contributed by atoms with Gasteiger partial charge in [-0.25, -0.2) is 0 Å². The first-order chi connectivity index (χ1) is 24.1. The van der Waals surface area contributed by atoms with E-state index >= 15 is 0 Å². The predicted molar refractivity (Wildman–Crippen MR) is 203 cm³/mol. The molecule has 11 nitrogen and oxygen atoms in total. The molecule has 1 fully saturated rings. The van der Waals surface area contributed by atoms with Crippen LogP contribution in [-0.2, 0) is 24.0 Å². The Morgan fingerprint density at radius 2 is 1.72 bits per heavy atom. The molecule has 0 radical (unpaired) electrons. The molecule has 3 rings (SSSR count). The van der Waals surface area contributed by atoms with Crippen molar-refractivity contribution >= 4 is 30.0 Å². The molecule has 5 amide bonds. The summed E-state index contributed by atoms with van der Waals surface area (Å²) >= 11 is 0. The molecule has 0 aromatic rings. The number of rotatable bonds is 13. The van der Waals surface area contributed by atoms with Crippen molar-refractivity contribution in [1.82, 2.24) is 31.1 Å². The molecule has 1 aliphatic heterocycles. The lowest BCUT2D eigenvalue weighted by Gasteiger charge is -2.31. The molecule has 2 aliphatic carbocycles. The molecule has 5 unspecified atom stereocenters. The van der Waals surface area contributed by atoms with Crippen LogP contribution in [0.4, 0.5) is 0 Å². The van der Waals surface area contributed by atoms with E-state index < -0.39 is 6.04 Å². The average molecular weight is 699 g/mol. The highest BCUT2D eigenvalue weighted by molar-refractivity contribution is 5.87. The van der Waals surface area contributed by atoms with E-state index in [9.17, 15) is 24.0 Å². The zero-order valence-electron chi connectivity index (χ0n) is 32.2. The number of amides is 5. The van der Waals surface area contributed by atoms with Crippen LogP contribution in [0.5, 0.6) is 0 Å². The highest BCUT2D eigenvalue weighted by atomic mass is 16.2. The molecule has 1 saturated heterocycles. The fourth-order valence-electron chi connectivity index (χ4n) is 5.81. The minimum atomic E-state index is -0.638. The van der Waals surface area contributed by atoms with Gasteiger partial charge in [-0.1, -0.05) is 45.4 Å². The molecule has 1 heterocycles. The number of likely N-dealkylation sites (N-methyl/N-ethyl adjacent to an activating group) is 2. The van der Waals surface area contributed by atoms with E-state index in [-0.39, 0.29) is 54.2 Å². The predicted octanol–water partition coefficient (Wildman–Crippen LogP) is 4.40. The zero-order chi connectivity index (χ0) is 38.1. The summed E-state index contributed by atoms with van der Waals surface area (Å²) in [5.74, 6) is 5.59. The molecule has 0 spiro atoms. The largest absolute Gasteiger partial charge is 0.351 e. The molecular formula is C39H66N6O5. The normalized spacial score (nSPS) is 19.0. The van der Waals surface area contributed by atoms with E-state index in [2.05, 4.69) is 58.4 Å². The molecule has 0 aromatic heterocycles. The number of carbonyl (C=O) groups excluding carboxylic acids is 5. The Kier molecular flexibility index (Phi) is 24.8. The van der Waals surface area contributed by atoms with Crippen LogP contribution in [0.2, 0.25) is 0 Å². The van der Waals surface area contributed by atoms with Crippen molar-refractivity contribution in [2.45, 2.75) is 142 Å².